The van der Waals surface area contributed by atoms with Crippen LogP contribution in [-0.2, 0) is 0 Å². The standard InChI is InChI=1S/C25H27FN6O2/c1-18-23(17-28-32(18)22-6-3-20(26)4-7-22)25(34)29-21-5-8-24(19(15-21)16-27)31-12-10-30(11-13-31)9-2-14-33/h3-8,15,17,33H,2,9-14H2,1H3,(H,29,34). The molecule has 4 rings (SSSR count). The molecule has 1 aliphatic heterocycles. The first-order valence-electron chi connectivity index (χ1n) is 11.2. The van der Waals surface area contributed by atoms with Gasteiger partial charge in [-0.3, -0.25) is 9.69 Å². The van der Waals surface area contributed by atoms with Crippen LogP contribution in [0.25, 0.3) is 5.69 Å². The van der Waals surface area contributed by atoms with Crippen LogP contribution in [0, 0.1) is 24.1 Å². The summed E-state index contributed by atoms with van der Waals surface area (Å²) in [5.74, 6) is -0.674. The van der Waals surface area contributed by atoms with E-state index in [4.69, 9.17) is 5.11 Å². The number of aromatic nitrogens is 2. The smallest absolute Gasteiger partial charge is 0.259 e. The fourth-order valence-electron chi connectivity index (χ4n) is 4.16. The van der Waals surface area contributed by atoms with Gasteiger partial charge >= 0.3 is 0 Å². The molecule has 0 spiro atoms. The van der Waals surface area contributed by atoms with Crippen LogP contribution in [0.4, 0.5) is 15.8 Å². The Bertz CT molecular complexity index is 1190. The van der Waals surface area contributed by atoms with E-state index < -0.39 is 0 Å². The van der Waals surface area contributed by atoms with E-state index in [-0.39, 0.29) is 18.3 Å². The molecular weight excluding hydrogens is 435 g/mol. The largest absolute Gasteiger partial charge is 0.396 e. The Morgan fingerprint density at radius 3 is 2.59 bits per heavy atom. The minimum atomic E-state index is -0.341. The van der Waals surface area contributed by atoms with E-state index in [1.165, 1.54) is 18.3 Å². The zero-order valence-corrected chi connectivity index (χ0v) is 19.0. The second-order valence-electron chi connectivity index (χ2n) is 8.24. The fraction of sp³-hybridized carbons (Fsp3) is 0.320. The van der Waals surface area contributed by atoms with E-state index >= 15 is 0 Å². The maximum absolute atomic E-state index is 13.2. The SMILES string of the molecule is Cc1c(C(=O)Nc2ccc(N3CCN(CCCO)CC3)c(C#N)c2)cnn1-c1ccc(F)cc1. The number of halogens is 1. The Morgan fingerprint density at radius 1 is 1.18 bits per heavy atom. The number of rotatable bonds is 7. The lowest BCUT2D eigenvalue weighted by molar-refractivity contribution is 0.102. The van der Waals surface area contributed by atoms with Gasteiger partial charge in [-0.2, -0.15) is 10.4 Å². The summed E-state index contributed by atoms with van der Waals surface area (Å²) in [6.45, 7) is 6.19. The van der Waals surface area contributed by atoms with Crippen molar-refractivity contribution in [3.63, 3.8) is 0 Å². The number of carbonyl (C=O) groups excluding carboxylic acids is 1. The molecule has 1 amide bonds. The molecule has 2 heterocycles. The first-order valence-corrected chi connectivity index (χ1v) is 11.2. The number of nitrogens with one attached hydrogen (secondary N) is 1. The Hall–Kier alpha value is -3.74. The molecule has 34 heavy (non-hydrogen) atoms. The van der Waals surface area contributed by atoms with Crippen molar-refractivity contribution >= 4 is 17.3 Å². The molecular formula is C25H27FN6O2. The number of piperazine rings is 1. The molecule has 1 aliphatic rings. The van der Waals surface area contributed by atoms with Crippen LogP contribution in [0.3, 0.4) is 0 Å². The highest BCUT2D eigenvalue weighted by molar-refractivity contribution is 6.05. The summed E-state index contributed by atoms with van der Waals surface area (Å²) in [7, 11) is 0. The molecule has 8 nitrogen and oxygen atoms in total. The van der Waals surface area contributed by atoms with Crippen LogP contribution in [0.5, 0.6) is 0 Å². The van der Waals surface area contributed by atoms with Crippen molar-refractivity contribution in [1.82, 2.24) is 14.7 Å². The van der Waals surface area contributed by atoms with Gasteiger partial charge in [0.05, 0.1) is 34.4 Å². The maximum Gasteiger partial charge on any atom is 0.259 e. The molecule has 1 saturated heterocycles. The molecule has 0 bridgehead atoms. The van der Waals surface area contributed by atoms with Gasteiger partial charge in [0.15, 0.2) is 0 Å². The summed E-state index contributed by atoms with van der Waals surface area (Å²) in [4.78, 5) is 17.4. The predicted octanol–water partition coefficient (Wildman–Crippen LogP) is 2.95. The number of nitriles is 1. The molecule has 176 valence electrons. The minimum Gasteiger partial charge on any atom is -0.396 e. The van der Waals surface area contributed by atoms with Gasteiger partial charge in [-0.25, -0.2) is 9.07 Å². The van der Waals surface area contributed by atoms with Gasteiger partial charge < -0.3 is 15.3 Å². The molecule has 9 heteroatoms. The summed E-state index contributed by atoms with van der Waals surface area (Å²) < 4.78 is 14.8. The highest BCUT2D eigenvalue weighted by Crippen LogP contribution is 2.26. The maximum atomic E-state index is 13.2. The van der Waals surface area contributed by atoms with Crippen molar-refractivity contribution in [2.75, 3.05) is 49.5 Å². The second kappa shape index (κ2) is 10.5. The number of nitrogens with zero attached hydrogens (tertiary/aromatic N) is 5. The zero-order valence-electron chi connectivity index (χ0n) is 19.0. The number of benzene rings is 2. The molecule has 0 atom stereocenters. The van der Waals surface area contributed by atoms with E-state index in [2.05, 4.69) is 26.3 Å². The van der Waals surface area contributed by atoms with Crippen LogP contribution >= 0.6 is 0 Å². The van der Waals surface area contributed by atoms with Crippen molar-refractivity contribution in [2.45, 2.75) is 13.3 Å². The van der Waals surface area contributed by atoms with Crippen LogP contribution in [-0.4, -0.2) is 65.0 Å². The van der Waals surface area contributed by atoms with Gasteiger partial charge in [0.1, 0.15) is 11.9 Å². The number of amides is 1. The summed E-state index contributed by atoms with van der Waals surface area (Å²) >= 11 is 0. The zero-order chi connectivity index (χ0) is 24.1. The van der Waals surface area contributed by atoms with E-state index in [1.807, 2.05) is 6.07 Å². The molecule has 1 aromatic heterocycles. The number of hydrogen-bond acceptors (Lipinski definition) is 6. The molecule has 1 fully saturated rings. The van der Waals surface area contributed by atoms with E-state index in [9.17, 15) is 14.4 Å². The molecule has 0 saturated carbocycles. The van der Waals surface area contributed by atoms with E-state index in [0.717, 1.165) is 44.8 Å². The quantitative estimate of drug-likeness (QED) is 0.560. The summed E-state index contributed by atoms with van der Waals surface area (Å²) in [5, 5.41) is 25.9. The average molecular weight is 463 g/mol. The molecule has 2 aromatic carbocycles. The Labute approximate surface area is 197 Å². The number of hydrogen-bond donors (Lipinski definition) is 2. The summed E-state index contributed by atoms with van der Waals surface area (Å²) in [6.07, 6.45) is 2.24. The number of aliphatic hydroxyl groups excluding tert-OH is 1. The van der Waals surface area contributed by atoms with Gasteiger partial charge in [0, 0.05) is 45.0 Å². The Morgan fingerprint density at radius 2 is 1.91 bits per heavy atom. The van der Waals surface area contributed by atoms with Gasteiger partial charge in [-0.05, 0) is 55.8 Å². The molecule has 0 aliphatic carbocycles. The van der Waals surface area contributed by atoms with Crippen molar-refractivity contribution in [3.05, 3.63) is 71.3 Å². The van der Waals surface area contributed by atoms with Crippen molar-refractivity contribution < 1.29 is 14.3 Å². The number of carbonyl (C=O) groups is 1. The third-order valence-corrected chi connectivity index (χ3v) is 6.05. The number of anilines is 2. The lowest BCUT2D eigenvalue weighted by Crippen LogP contribution is -2.47. The molecule has 0 radical (unpaired) electrons. The van der Waals surface area contributed by atoms with Gasteiger partial charge in [0.25, 0.3) is 5.91 Å². The third kappa shape index (κ3) is 5.09. The Kier molecular flexibility index (Phi) is 7.21. The predicted molar refractivity (Wildman–Crippen MR) is 128 cm³/mol. The lowest BCUT2D eigenvalue weighted by Gasteiger charge is -2.36. The lowest BCUT2D eigenvalue weighted by atomic mass is 10.1. The van der Waals surface area contributed by atoms with Crippen LogP contribution in [0.1, 0.15) is 28.0 Å². The average Bonchev–Trinajstić information content (AvgIpc) is 3.25. The normalized spacial score (nSPS) is 14.1. The van der Waals surface area contributed by atoms with Crippen molar-refractivity contribution in [1.29, 1.82) is 5.26 Å². The highest BCUT2D eigenvalue weighted by Gasteiger charge is 2.20. The first-order chi connectivity index (χ1) is 16.5. The van der Waals surface area contributed by atoms with Crippen LogP contribution in [0.15, 0.2) is 48.7 Å². The summed E-state index contributed by atoms with van der Waals surface area (Å²) in [5.41, 5.74) is 3.56. The third-order valence-electron chi connectivity index (χ3n) is 6.05. The number of aliphatic hydroxyl groups is 1. The monoisotopic (exact) mass is 462 g/mol. The molecule has 0 unspecified atom stereocenters. The van der Waals surface area contributed by atoms with Crippen LogP contribution in [0.2, 0.25) is 0 Å². The van der Waals surface area contributed by atoms with Crippen molar-refractivity contribution in [2.24, 2.45) is 0 Å². The van der Waals surface area contributed by atoms with Gasteiger partial charge in [-0.15, -0.1) is 0 Å². The Balaban J connectivity index is 1.45. The first kappa shape index (κ1) is 23.4. The molecule has 3 aromatic rings. The summed E-state index contributed by atoms with van der Waals surface area (Å²) in [6, 6.07) is 13.5. The topological polar surface area (TPSA) is 97.4 Å². The van der Waals surface area contributed by atoms with Gasteiger partial charge in [-0.1, -0.05) is 0 Å². The van der Waals surface area contributed by atoms with E-state index in [1.54, 1.807) is 35.9 Å². The van der Waals surface area contributed by atoms with E-state index in [0.29, 0.717) is 28.2 Å². The minimum absolute atomic E-state index is 0.193. The highest BCUT2D eigenvalue weighted by atomic mass is 19.1. The van der Waals surface area contributed by atoms with Crippen molar-refractivity contribution in [3.8, 4) is 11.8 Å². The van der Waals surface area contributed by atoms with Crippen LogP contribution < -0.4 is 10.2 Å². The fourth-order valence-corrected chi connectivity index (χ4v) is 4.16. The molecule has 2 N–H and O–H groups in total. The second-order valence-corrected chi connectivity index (χ2v) is 8.24. The van der Waals surface area contributed by atoms with Gasteiger partial charge in [0.2, 0.25) is 0 Å².